The zero-order valence-electron chi connectivity index (χ0n) is 17.1. The van der Waals surface area contributed by atoms with Crippen molar-refractivity contribution in [2.24, 2.45) is 0 Å². The summed E-state index contributed by atoms with van der Waals surface area (Å²) in [7, 11) is 0. The monoisotopic (exact) mass is 401 g/mol. The second-order valence-electron chi connectivity index (χ2n) is 6.90. The number of aromatic nitrogens is 4. The summed E-state index contributed by atoms with van der Waals surface area (Å²) in [6.45, 7) is 6.48. The van der Waals surface area contributed by atoms with Gasteiger partial charge in [0.2, 0.25) is 11.9 Å². The molecule has 0 atom stereocenters. The van der Waals surface area contributed by atoms with Gasteiger partial charge in [-0.25, -0.2) is 4.98 Å². The Bertz CT molecular complexity index is 1120. The van der Waals surface area contributed by atoms with Crippen LogP contribution < -0.4 is 16.0 Å². The highest BCUT2D eigenvalue weighted by molar-refractivity contribution is 5.57. The van der Waals surface area contributed by atoms with Crippen LogP contribution in [-0.2, 0) is 6.54 Å². The minimum Gasteiger partial charge on any atom is -0.427 e. The Morgan fingerprint density at radius 2 is 1.50 bits per heavy atom. The Balaban J connectivity index is 1.43. The van der Waals surface area contributed by atoms with E-state index in [1.807, 2.05) is 36.4 Å². The normalized spacial score (nSPS) is 10.6. The lowest BCUT2D eigenvalue weighted by atomic mass is 10.1. The maximum Gasteiger partial charge on any atom is 0.301 e. The molecule has 8 nitrogen and oxygen atoms in total. The van der Waals surface area contributed by atoms with Crippen molar-refractivity contribution in [2.75, 3.05) is 16.0 Å². The first kappa shape index (κ1) is 19.4. The predicted octanol–water partition coefficient (Wildman–Crippen LogP) is 4.88. The summed E-state index contributed by atoms with van der Waals surface area (Å²) in [4.78, 5) is 17.3. The van der Waals surface area contributed by atoms with Gasteiger partial charge in [-0.3, -0.25) is 5.32 Å². The summed E-state index contributed by atoms with van der Waals surface area (Å²) in [5.41, 5.74) is 4.37. The molecule has 152 valence electrons. The molecule has 2 aromatic heterocycles. The molecule has 8 heteroatoms. The third-order valence-corrected chi connectivity index (χ3v) is 4.47. The topological polar surface area (TPSA) is 101 Å². The van der Waals surface area contributed by atoms with Gasteiger partial charge in [0.15, 0.2) is 0 Å². The van der Waals surface area contributed by atoms with Crippen molar-refractivity contribution in [3.63, 3.8) is 0 Å². The molecule has 0 radical (unpaired) electrons. The largest absolute Gasteiger partial charge is 0.427 e. The number of hydrogen-bond acceptors (Lipinski definition) is 8. The van der Waals surface area contributed by atoms with Crippen LogP contribution in [0.25, 0.3) is 0 Å². The van der Waals surface area contributed by atoms with E-state index < -0.39 is 0 Å². The van der Waals surface area contributed by atoms with Gasteiger partial charge in [0, 0.05) is 11.4 Å². The minimum absolute atomic E-state index is 0.324. The molecule has 0 unspecified atom stereocenters. The van der Waals surface area contributed by atoms with Gasteiger partial charge in [-0.2, -0.15) is 15.0 Å². The number of hydrogen-bond donors (Lipinski definition) is 3. The summed E-state index contributed by atoms with van der Waals surface area (Å²) in [6, 6.07) is 16.2. The van der Waals surface area contributed by atoms with E-state index in [1.165, 1.54) is 11.1 Å². The van der Waals surface area contributed by atoms with Gasteiger partial charge in [-0.15, -0.1) is 0 Å². The van der Waals surface area contributed by atoms with Crippen LogP contribution in [0.1, 0.15) is 22.7 Å². The summed E-state index contributed by atoms with van der Waals surface area (Å²) in [5, 5.41) is 9.57. The van der Waals surface area contributed by atoms with E-state index in [1.54, 1.807) is 13.1 Å². The second kappa shape index (κ2) is 8.60. The average molecular weight is 401 g/mol. The van der Waals surface area contributed by atoms with Crippen molar-refractivity contribution in [1.29, 1.82) is 0 Å². The molecule has 0 fully saturated rings. The number of nitrogens with zero attached hydrogens (tertiary/aromatic N) is 4. The van der Waals surface area contributed by atoms with Crippen LogP contribution in [0.15, 0.2) is 59.1 Å². The zero-order chi connectivity index (χ0) is 20.9. The van der Waals surface area contributed by atoms with Crippen molar-refractivity contribution in [3.8, 4) is 0 Å². The SMILES string of the molecule is Cc1nc(Nc2ccccc2)nc(Nc2ncc(CNc3c(C)cccc3C)o2)n1. The van der Waals surface area contributed by atoms with Gasteiger partial charge in [0.1, 0.15) is 11.6 Å². The van der Waals surface area contributed by atoms with Crippen LogP contribution >= 0.6 is 0 Å². The molecule has 0 bridgehead atoms. The van der Waals surface area contributed by atoms with E-state index in [0.29, 0.717) is 36.0 Å². The van der Waals surface area contributed by atoms with Crippen molar-refractivity contribution in [2.45, 2.75) is 27.3 Å². The number of para-hydroxylation sites is 2. The molecule has 0 saturated carbocycles. The summed E-state index contributed by atoms with van der Waals surface area (Å²) < 4.78 is 5.78. The van der Waals surface area contributed by atoms with Crippen molar-refractivity contribution in [3.05, 3.63) is 77.4 Å². The summed E-state index contributed by atoms with van der Waals surface area (Å²) in [6.07, 6.45) is 1.68. The molecule has 0 amide bonds. The van der Waals surface area contributed by atoms with Gasteiger partial charge >= 0.3 is 6.01 Å². The zero-order valence-corrected chi connectivity index (χ0v) is 17.1. The first-order chi connectivity index (χ1) is 14.6. The van der Waals surface area contributed by atoms with Crippen LogP contribution in [-0.4, -0.2) is 19.9 Å². The molecule has 3 N–H and O–H groups in total. The van der Waals surface area contributed by atoms with Crippen LogP contribution in [0, 0.1) is 20.8 Å². The first-order valence-electron chi connectivity index (χ1n) is 9.63. The Hall–Kier alpha value is -3.94. The molecular formula is C22H23N7O. The Kier molecular flexibility index (Phi) is 5.56. The number of anilines is 5. The van der Waals surface area contributed by atoms with Gasteiger partial charge in [0.25, 0.3) is 0 Å². The predicted molar refractivity (Wildman–Crippen MR) is 117 cm³/mol. The van der Waals surface area contributed by atoms with Crippen LogP contribution in [0.4, 0.5) is 29.3 Å². The second-order valence-corrected chi connectivity index (χ2v) is 6.90. The third kappa shape index (κ3) is 4.72. The molecule has 4 rings (SSSR count). The fourth-order valence-electron chi connectivity index (χ4n) is 3.06. The highest BCUT2D eigenvalue weighted by Crippen LogP contribution is 2.21. The molecule has 2 aromatic carbocycles. The number of aryl methyl sites for hydroxylation is 3. The average Bonchev–Trinajstić information content (AvgIpc) is 3.15. The van der Waals surface area contributed by atoms with Crippen LogP contribution in [0.5, 0.6) is 0 Å². The first-order valence-corrected chi connectivity index (χ1v) is 9.63. The van der Waals surface area contributed by atoms with Crippen molar-refractivity contribution in [1.82, 2.24) is 19.9 Å². The quantitative estimate of drug-likeness (QED) is 0.403. The minimum atomic E-state index is 0.324. The van der Waals surface area contributed by atoms with Crippen molar-refractivity contribution >= 4 is 29.3 Å². The Morgan fingerprint density at radius 3 is 2.23 bits per heavy atom. The molecule has 0 saturated heterocycles. The van der Waals surface area contributed by atoms with E-state index >= 15 is 0 Å². The van der Waals surface area contributed by atoms with Crippen LogP contribution in [0.3, 0.4) is 0 Å². The Morgan fingerprint density at radius 1 is 0.800 bits per heavy atom. The lowest BCUT2D eigenvalue weighted by Crippen LogP contribution is -2.05. The van der Waals surface area contributed by atoms with Crippen LogP contribution in [0.2, 0.25) is 0 Å². The lowest BCUT2D eigenvalue weighted by Gasteiger charge is -2.11. The molecule has 30 heavy (non-hydrogen) atoms. The van der Waals surface area contributed by atoms with Gasteiger partial charge in [0.05, 0.1) is 12.7 Å². The summed E-state index contributed by atoms with van der Waals surface area (Å²) >= 11 is 0. The molecule has 0 spiro atoms. The number of rotatable bonds is 7. The van der Waals surface area contributed by atoms with Gasteiger partial charge in [-0.1, -0.05) is 36.4 Å². The van der Waals surface area contributed by atoms with E-state index in [9.17, 15) is 0 Å². The Labute approximate surface area is 174 Å². The van der Waals surface area contributed by atoms with Crippen molar-refractivity contribution < 1.29 is 4.42 Å². The highest BCUT2D eigenvalue weighted by atomic mass is 16.4. The number of oxazole rings is 1. The van der Waals surface area contributed by atoms with Gasteiger partial charge in [-0.05, 0) is 44.0 Å². The van der Waals surface area contributed by atoms with E-state index in [4.69, 9.17) is 4.42 Å². The third-order valence-electron chi connectivity index (χ3n) is 4.47. The fourth-order valence-corrected chi connectivity index (χ4v) is 3.06. The maximum atomic E-state index is 5.78. The van der Waals surface area contributed by atoms with E-state index in [2.05, 4.69) is 61.9 Å². The van der Waals surface area contributed by atoms with E-state index in [0.717, 1.165) is 11.4 Å². The smallest absolute Gasteiger partial charge is 0.301 e. The summed E-state index contributed by atoms with van der Waals surface area (Å²) in [5.74, 6) is 2.08. The van der Waals surface area contributed by atoms with Gasteiger partial charge < -0.3 is 15.1 Å². The maximum absolute atomic E-state index is 5.78. The fraction of sp³-hybridized carbons (Fsp3) is 0.182. The number of nitrogens with one attached hydrogen (secondary N) is 3. The molecule has 4 aromatic rings. The van der Waals surface area contributed by atoms with E-state index in [-0.39, 0.29) is 0 Å². The molecule has 2 heterocycles. The standard InChI is InChI=1S/C22H23N7O/c1-14-8-7-9-15(2)19(14)23-12-18-13-24-22(30-18)29-21-26-16(3)25-20(28-21)27-17-10-5-4-6-11-17/h4-11,13,23H,12H2,1-3H3,(H2,24,25,26,27,28,29). The molecular weight excluding hydrogens is 378 g/mol. The molecule has 0 aliphatic heterocycles. The molecule has 0 aliphatic carbocycles. The number of benzene rings is 2. The molecule has 0 aliphatic rings. The highest BCUT2D eigenvalue weighted by Gasteiger charge is 2.10. The lowest BCUT2D eigenvalue weighted by molar-refractivity contribution is 0.528.